The van der Waals surface area contributed by atoms with Crippen LogP contribution in [0.15, 0.2) is 42.5 Å². The Kier molecular flexibility index (Phi) is 3.71. The van der Waals surface area contributed by atoms with E-state index in [4.69, 9.17) is 4.74 Å². The normalized spacial score (nSPS) is 10.2. The monoisotopic (exact) mass is 258 g/mol. The Morgan fingerprint density at radius 3 is 2.37 bits per heavy atom. The molecule has 0 saturated carbocycles. The summed E-state index contributed by atoms with van der Waals surface area (Å²) in [7, 11) is 0. The topological polar surface area (TPSA) is 66.8 Å². The highest BCUT2D eigenvalue weighted by atomic mass is 16.5. The van der Waals surface area contributed by atoms with E-state index >= 15 is 0 Å². The Morgan fingerprint density at radius 2 is 1.74 bits per heavy atom. The lowest BCUT2D eigenvalue weighted by molar-refractivity contribution is 0.103. The van der Waals surface area contributed by atoms with E-state index in [1.807, 2.05) is 0 Å². The lowest BCUT2D eigenvalue weighted by atomic mass is 10.0. The van der Waals surface area contributed by atoms with Gasteiger partial charge in [0.15, 0.2) is 17.3 Å². The average molecular weight is 258 g/mol. The maximum absolute atomic E-state index is 12.2. The minimum absolute atomic E-state index is 0.0483. The third kappa shape index (κ3) is 2.52. The molecule has 2 rings (SSSR count). The Labute approximate surface area is 110 Å². The quantitative estimate of drug-likeness (QED) is 0.653. The van der Waals surface area contributed by atoms with Crippen molar-refractivity contribution in [3.63, 3.8) is 0 Å². The molecule has 98 valence electrons. The van der Waals surface area contributed by atoms with E-state index in [2.05, 4.69) is 0 Å². The third-order valence-corrected chi connectivity index (χ3v) is 2.69. The smallest absolute Gasteiger partial charge is 0.201 e. The van der Waals surface area contributed by atoms with Crippen molar-refractivity contribution in [2.24, 2.45) is 0 Å². The van der Waals surface area contributed by atoms with Crippen LogP contribution in [0.5, 0.6) is 17.2 Å². The van der Waals surface area contributed by atoms with E-state index in [1.165, 1.54) is 12.1 Å². The molecule has 4 heteroatoms. The molecule has 0 aliphatic carbocycles. The van der Waals surface area contributed by atoms with Gasteiger partial charge in [0.1, 0.15) is 0 Å². The SMILES string of the molecule is CCOc1ccc(C(=O)c2ccccc2)c(O)c1O. The zero-order valence-corrected chi connectivity index (χ0v) is 10.5. The van der Waals surface area contributed by atoms with Gasteiger partial charge in [-0.1, -0.05) is 30.3 Å². The zero-order valence-electron chi connectivity index (χ0n) is 10.5. The molecule has 0 radical (unpaired) electrons. The number of benzene rings is 2. The van der Waals surface area contributed by atoms with E-state index in [0.29, 0.717) is 12.2 Å². The Bertz CT molecular complexity index is 591. The number of hydrogen-bond donors (Lipinski definition) is 2. The fourth-order valence-electron chi connectivity index (χ4n) is 1.76. The molecule has 0 amide bonds. The predicted octanol–water partition coefficient (Wildman–Crippen LogP) is 2.73. The molecule has 0 saturated heterocycles. The largest absolute Gasteiger partial charge is 0.504 e. The molecule has 0 aromatic heterocycles. The van der Waals surface area contributed by atoms with Crippen LogP contribution in [-0.2, 0) is 0 Å². The van der Waals surface area contributed by atoms with Crippen LogP contribution in [0.4, 0.5) is 0 Å². The van der Waals surface area contributed by atoms with Gasteiger partial charge in [0.05, 0.1) is 12.2 Å². The Balaban J connectivity index is 2.42. The van der Waals surface area contributed by atoms with Gasteiger partial charge < -0.3 is 14.9 Å². The molecule has 0 aliphatic heterocycles. The number of carbonyl (C=O) groups is 1. The van der Waals surface area contributed by atoms with Crippen molar-refractivity contribution < 1.29 is 19.7 Å². The number of aromatic hydroxyl groups is 2. The molecule has 0 atom stereocenters. The molecule has 0 aliphatic rings. The average Bonchev–Trinajstić information content (AvgIpc) is 2.45. The maximum atomic E-state index is 12.2. The number of ether oxygens (including phenoxy) is 1. The minimum atomic E-state index is -0.459. The highest BCUT2D eigenvalue weighted by molar-refractivity contribution is 6.11. The van der Waals surface area contributed by atoms with Crippen LogP contribution in [0.3, 0.4) is 0 Å². The fourth-order valence-corrected chi connectivity index (χ4v) is 1.76. The standard InChI is InChI=1S/C15H14O4/c1-2-19-12-9-8-11(14(17)15(12)18)13(16)10-6-4-3-5-7-10/h3-9,17-18H,2H2,1H3. The number of rotatable bonds is 4. The lowest BCUT2D eigenvalue weighted by Gasteiger charge is -2.10. The molecular formula is C15H14O4. The Hall–Kier alpha value is -2.49. The summed E-state index contributed by atoms with van der Waals surface area (Å²) in [6.45, 7) is 2.12. The first-order valence-corrected chi connectivity index (χ1v) is 5.92. The molecule has 0 bridgehead atoms. The lowest BCUT2D eigenvalue weighted by Crippen LogP contribution is -2.02. The second kappa shape index (κ2) is 5.44. The molecule has 2 aromatic rings. The number of ketones is 1. The molecule has 19 heavy (non-hydrogen) atoms. The summed E-state index contributed by atoms with van der Waals surface area (Å²) in [6, 6.07) is 11.5. The first-order valence-electron chi connectivity index (χ1n) is 5.92. The van der Waals surface area contributed by atoms with E-state index in [0.717, 1.165) is 0 Å². The summed E-state index contributed by atoms with van der Waals surface area (Å²) >= 11 is 0. The van der Waals surface area contributed by atoms with Crippen LogP contribution in [0.2, 0.25) is 0 Å². The van der Waals surface area contributed by atoms with Crippen LogP contribution in [0, 0.1) is 0 Å². The van der Waals surface area contributed by atoms with Crippen LogP contribution < -0.4 is 4.74 Å². The highest BCUT2D eigenvalue weighted by Gasteiger charge is 2.19. The number of carbonyl (C=O) groups excluding carboxylic acids is 1. The third-order valence-electron chi connectivity index (χ3n) is 2.69. The van der Waals surface area contributed by atoms with Crippen molar-refractivity contribution in [1.29, 1.82) is 0 Å². The molecule has 2 N–H and O–H groups in total. The van der Waals surface area contributed by atoms with Gasteiger partial charge in [0.2, 0.25) is 5.75 Å². The van der Waals surface area contributed by atoms with Crippen molar-refractivity contribution in [2.75, 3.05) is 6.61 Å². The number of phenols is 2. The van der Waals surface area contributed by atoms with Gasteiger partial charge >= 0.3 is 0 Å². The molecule has 0 heterocycles. The number of hydrogen-bond acceptors (Lipinski definition) is 4. The van der Waals surface area contributed by atoms with Gasteiger partial charge in [-0.25, -0.2) is 0 Å². The molecule has 0 fully saturated rings. The molecule has 4 nitrogen and oxygen atoms in total. The van der Waals surface area contributed by atoms with E-state index < -0.39 is 11.5 Å². The van der Waals surface area contributed by atoms with E-state index in [9.17, 15) is 15.0 Å². The van der Waals surface area contributed by atoms with Gasteiger partial charge in [-0.3, -0.25) is 4.79 Å². The van der Waals surface area contributed by atoms with Gasteiger partial charge in [-0.05, 0) is 19.1 Å². The van der Waals surface area contributed by atoms with Crippen molar-refractivity contribution in [3.05, 3.63) is 53.6 Å². The van der Waals surface area contributed by atoms with Gasteiger partial charge in [0, 0.05) is 5.56 Å². The van der Waals surface area contributed by atoms with Crippen LogP contribution in [-0.4, -0.2) is 22.6 Å². The van der Waals surface area contributed by atoms with E-state index in [1.54, 1.807) is 37.3 Å². The van der Waals surface area contributed by atoms with E-state index in [-0.39, 0.29) is 17.1 Å². The summed E-state index contributed by atoms with van der Waals surface area (Å²) in [6.07, 6.45) is 0. The van der Waals surface area contributed by atoms with Crippen molar-refractivity contribution in [1.82, 2.24) is 0 Å². The van der Waals surface area contributed by atoms with Gasteiger partial charge in [-0.15, -0.1) is 0 Å². The molecular weight excluding hydrogens is 244 g/mol. The number of phenolic OH excluding ortho intramolecular Hbond substituents is 2. The summed E-state index contributed by atoms with van der Waals surface area (Å²) in [5.74, 6) is -1.07. The van der Waals surface area contributed by atoms with Crippen molar-refractivity contribution in [3.8, 4) is 17.2 Å². The second-order valence-electron chi connectivity index (χ2n) is 3.94. The fraction of sp³-hybridized carbons (Fsp3) is 0.133. The first-order chi connectivity index (χ1) is 9.15. The molecule has 0 unspecified atom stereocenters. The summed E-state index contributed by atoms with van der Waals surface area (Å²) in [4.78, 5) is 12.2. The summed E-state index contributed by atoms with van der Waals surface area (Å²) in [5, 5.41) is 19.7. The minimum Gasteiger partial charge on any atom is -0.504 e. The predicted molar refractivity (Wildman–Crippen MR) is 70.8 cm³/mol. The zero-order chi connectivity index (χ0) is 13.8. The van der Waals surface area contributed by atoms with Crippen molar-refractivity contribution in [2.45, 2.75) is 6.92 Å². The molecule has 0 spiro atoms. The Morgan fingerprint density at radius 1 is 1.05 bits per heavy atom. The highest BCUT2D eigenvalue weighted by Crippen LogP contribution is 2.38. The summed E-state index contributed by atoms with van der Waals surface area (Å²) < 4.78 is 5.14. The maximum Gasteiger partial charge on any atom is 0.201 e. The van der Waals surface area contributed by atoms with Crippen LogP contribution in [0.25, 0.3) is 0 Å². The van der Waals surface area contributed by atoms with Crippen molar-refractivity contribution >= 4 is 5.78 Å². The summed E-state index contributed by atoms with van der Waals surface area (Å²) in [5.41, 5.74) is 0.494. The second-order valence-corrected chi connectivity index (χ2v) is 3.94. The van der Waals surface area contributed by atoms with Crippen LogP contribution in [0.1, 0.15) is 22.8 Å². The van der Waals surface area contributed by atoms with Gasteiger partial charge in [-0.2, -0.15) is 0 Å². The van der Waals surface area contributed by atoms with Gasteiger partial charge in [0.25, 0.3) is 0 Å². The van der Waals surface area contributed by atoms with Crippen LogP contribution >= 0.6 is 0 Å². The first kappa shape index (κ1) is 13.0. The molecule has 2 aromatic carbocycles.